The number of carbonyl (C=O) groups excluding carboxylic acids is 1. The third kappa shape index (κ3) is 5.92. The number of benzene rings is 2. The lowest BCUT2D eigenvalue weighted by atomic mass is 10.2. The number of para-hydroxylation sites is 1. The molecule has 0 bridgehead atoms. The minimum absolute atomic E-state index is 0.142. The van der Waals surface area contributed by atoms with Gasteiger partial charge in [0.05, 0.1) is 12.8 Å². The van der Waals surface area contributed by atoms with Crippen molar-refractivity contribution in [2.45, 2.75) is 13.0 Å². The first-order chi connectivity index (χ1) is 14.1. The van der Waals surface area contributed by atoms with E-state index in [0.717, 1.165) is 44.2 Å². The van der Waals surface area contributed by atoms with E-state index in [1.54, 1.807) is 25.3 Å². The number of ether oxygens (including phenoxy) is 2. The van der Waals surface area contributed by atoms with Crippen molar-refractivity contribution in [3.05, 3.63) is 54.3 Å². The van der Waals surface area contributed by atoms with Gasteiger partial charge in [-0.1, -0.05) is 12.1 Å². The van der Waals surface area contributed by atoms with Crippen LogP contribution in [0.1, 0.15) is 6.92 Å². The Morgan fingerprint density at radius 3 is 2.38 bits per heavy atom. The van der Waals surface area contributed by atoms with Crippen LogP contribution >= 0.6 is 0 Å². The highest BCUT2D eigenvalue weighted by atomic mass is 19.1. The Kier molecular flexibility index (Phi) is 7.43. The minimum Gasteiger partial charge on any atom is -0.497 e. The number of nitrogens with one attached hydrogen (secondary N) is 3. The molecule has 29 heavy (non-hydrogen) atoms. The molecule has 1 heterocycles. The summed E-state index contributed by atoms with van der Waals surface area (Å²) in [6.07, 6.45) is 0. The standard InChI is InChI=1S/C22H28FN3O3/c1-17(22(27)24-21-6-4-3-5-20(21)23)26-13-11-25(12-14-26)15-16-29-19-9-7-18(28-2)8-10-19/h3-10,17H,11-16H2,1-2H3,(H,24,27)/p+2/t17-/m1/s1. The van der Waals surface area contributed by atoms with Gasteiger partial charge in [-0.15, -0.1) is 0 Å². The Bertz CT molecular complexity index is 792. The van der Waals surface area contributed by atoms with E-state index < -0.39 is 5.82 Å². The molecular formula is C22H30FN3O3+2. The second-order valence-corrected chi connectivity index (χ2v) is 7.37. The van der Waals surface area contributed by atoms with E-state index in [0.29, 0.717) is 6.61 Å². The highest BCUT2D eigenvalue weighted by Crippen LogP contribution is 2.16. The van der Waals surface area contributed by atoms with Gasteiger partial charge in [0.25, 0.3) is 5.91 Å². The third-order valence-electron chi connectivity index (χ3n) is 5.52. The van der Waals surface area contributed by atoms with E-state index >= 15 is 0 Å². The predicted molar refractivity (Wildman–Crippen MR) is 109 cm³/mol. The van der Waals surface area contributed by atoms with E-state index in [2.05, 4.69) is 5.32 Å². The van der Waals surface area contributed by atoms with Gasteiger partial charge < -0.3 is 24.6 Å². The molecule has 6 nitrogen and oxygen atoms in total. The molecule has 7 heteroatoms. The molecule has 0 unspecified atom stereocenters. The first-order valence-electron chi connectivity index (χ1n) is 10.1. The smallest absolute Gasteiger partial charge is 0.282 e. The molecule has 156 valence electrons. The summed E-state index contributed by atoms with van der Waals surface area (Å²) in [4.78, 5) is 15.2. The molecule has 0 spiro atoms. The second kappa shape index (κ2) is 10.2. The molecule has 1 amide bonds. The topological polar surface area (TPSA) is 56.4 Å². The lowest BCUT2D eigenvalue weighted by molar-refractivity contribution is -1.02. The van der Waals surface area contributed by atoms with Gasteiger partial charge >= 0.3 is 0 Å². The summed E-state index contributed by atoms with van der Waals surface area (Å²) in [5.41, 5.74) is 0.240. The molecule has 1 fully saturated rings. The first-order valence-corrected chi connectivity index (χ1v) is 10.1. The maximum atomic E-state index is 13.7. The lowest BCUT2D eigenvalue weighted by Crippen LogP contribution is -3.30. The normalized spacial score (nSPS) is 20.0. The summed E-state index contributed by atoms with van der Waals surface area (Å²) in [7, 11) is 1.64. The van der Waals surface area contributed by atoms with Gasteiger partial charge in [0.1, 0.15) is 56.6 Å². The molecule has 3 N–H and O–H groups in total. The highest BCUT2D eigenvalue weighted by molar-refractivity contribution is 5.93. The molecule has 1 saturated heterocycles. The van der Waals surface area contributed by atoms with Gasteiger partial charge in [-0.2, -0.15) is 0 Å². The SMILES string of the molecule is COc1ccc(OCC[NH+]2CC[NH+]([C@H](C)C(=O)Nc3ccccc3F)CC2)cc1. The number of quaternary nitrogens is 2. The van der Waals surface area contributed by atoms with Crippen LogP contribution in [-0.4, -0.2) is 58.4 Å². The Morgan fingerprint density at radius 2 is 1.72 bits per heavy atom. The fourth-order valence-electron chi connectivity index (χ4n) is 3.58. The summed E-state index contributed by atoms with van der Waals surface area (Å²) in [6.45, 7) is 7.27. The number of halogens is 1. The predicted octanol–water partition coefficient (Wildman–Crippen LogP) is 0.0237. The second-order valence-electron chi connectivity index (χ2n) is 7.37. The van der Waals surface area contributed by atoms with Crippen molar-refractivity contribution >= 4 is 11.6 Å². The Labute approximate surface area is 171 Å². The number of piperazine rings is 1. The number of hydrogen-bond acceptors (Lipinski definition) is 3. The Balaban J connectivity index is 1.39. The van der Waals surface area contributed by atoms with Crippen molar-refractivity contribution < 1.29 is 28.5 Å². The van der Waals surface area contributed by atoms with Crippen molar-refractivity contribution in [1.29, 1.82) is 0 Å². The van der Waals surface area contributed by atoms with Crippen LogP contribution in [0, 0.1) is 5.82 Å². The Hall–Kier alpha value is -2.64. The summed E-state index contributed by atoms with van der Waals surface area (Å²) in [5, 5.41) is 2.71. The average molecular weight is 403 g/mol. The molecule has 0 aliphatic carbocycles. The number of carbonyl (C=O) groups is 1. The van der Waals surface area contributed by atoms with Crippen LogP contribution in [0.25, 0.3) is 0 Å². The zero-order chi connectivity index (χ0) is 20.6. The molecule has 0 saturated carbocycles. The van der Waals surface area contributed by atoms with Crippen molar-refractivity contribution in [2.24, 2.45) is 0 Å². The maximum absolute atomic E-state index is 13.7. The molecule has 0 aromatic heterocycles. The van der Waals surface area contributed by atoms with Crippen LogP contribution < -0.4 is 24.6 Å². The molecule has 2 aromatic rings. The van der Waals surface area contributed by atoms with Gasteiger partial charge in [0, 0.05) is 0 Å². The number of amides is 1. The zero-order valence-corrected chi connectivity index (χ0v) is 17.0. The zero-order valence-electron chi connectivity index (χ0n) is 17.0. The molecule has 2 aromatic carbocycles. The molecular weight excluding hydrogens is 373 g/mol. The quantitative estimate of drug-likeness (QED) is 0.583. The van der Waals surface area contributed by atoms with Crippen molar-refractivity contribution in [1.82, 2.24) is 0 Å². The molecule has 1 aliphatic rings. The third-order valence-corrected chi connectivity index (χ3v) is 5.52. The fraction of sp³-hybridized carbons (Fsp3) is 0.409. The number of methoxy groups -OCH3 is 1. The first kappa shape index (κ1) is 21.1. The van der Waals surface area contributed by atoms with Crippen molar-refractivity contribution in [3.8, 4) is 11.5 Å². The lowest BCUT2D eigenvalue weighted by Gasteiger charge is -2.32. The van der Waals surface area contributed by atoms with Gasteiger partial charge in [0.15, 0.2) is 6.04 Å². The summed E-state index contributed by atoms with van der Waals surface area (Å²) in [5.74, 6) is 1.11. The van der Waals surface area contributed by atoms with Gasteiger partial charge in [-0.25, -0.2) is 4.39 Å². The van der Waals surface area contributed by atoms with Crippen LogP contribution in [0.5, 0.6) is 11.5 Å². The fourth-order valence-corrected chi connectivity index (χ4v) is 3.58. The van der Waals surface area contributed by atoms with Crippen LogP contribution in [0.15, 0.2) is 48.5 Å². The minimum atomic E-state index is -0.408. The van der Waals surface area contributed by atoms with Crippen LogP contribution in [0.3, 0.4) is 0 Å². The van der Waals surface area contributed by atoms with Crippen molar-refractivity contribution in [3.63, 3.8) is 0 Å². The van der Waals surface area contributed by atoms with Crippen LogP contribution in [-0.2, 0) is 4.79 Å². The molecule has 1 atom stereocenters. The maximum Gasteiger partial charge on any atom is 0.282 e. The highest BCUT2D eigenvalue weighted by Gasteiger charge is 2.31. The van der Waals surface area contributed by atoms with Crippen LogP contribution in [0.2, 0.25) is 0 Å². The number of anilines is 1. The molecule has 0 radical (unpaired) electrons. The summed E-state index contributed by atoms with van der Waals surface area (Å²) >= 11 is 0. The summed E-state index contributed by atoms with van der Waals surface area (Å²) < 4.78 is 24.7. The van der Waals surface area contributed by atoms with E-state index in [-0.39, 0.29) is 17.6 Å². The van der Waals surface area contributed by atoms with E-state index in [1.807, 2.05) is 31.2 Å². The molecule has 3 rings (SSSR count). The van der Waals surface area contributed by atoms with Gasteiger partial charge in [0.2, 0.25) is 0 Å². The van der Waals surface area contributed by atoms with E-state index in [1.165, 1.54) is 15.9 Å². The van der Waals surface area contributed by atoms with Crippen molar-refractivity contribution in [2.75, 3.05) is 51.8 Å². The number of rotatable bonds is 8. The largest absolute Gasteiger partial charge is 0.497 e. The van der Waals surface area contributed by atoms with Gasteiger partial charge in [-0.05, 0) is 43.3 Å². The van der Waals surface area contributed by atoms with Gasteiger partial charge in [-0.3, -0.25) is 4.79 Å². The van der Waals surface area contributed by atoms with Crippen LogP contribution in [0.4, 0.5) is 10.1 Å². The summed E-state index contributed by atoms with van der Waals surface area (Å²) in [6, 6.07) is 13.6. The number of hydrogen-bond donors (Lipinski definition) is 3. The van der Waals surface area contributed by atoms with E-state index in [4.69, 9.17) is 9.47 Å². The van der Waals surface area contributed by atoms with E-state index in [9.17, 15) is 9.18 Å². The molecule has 1 aliphatic heterocycles. The average Bonchev–Trinajstić information content (AvgIpc) is 2.76. The monoisotopic (exact) mass is 403 g/mol. The Morgan fingerprint density at radius 1 is 1.07 bits per heavy atom.